The van der Waals surface area contributed by atoms with Crippen LogP contribution in [0.2, 0.25) is 0 Å². The first kappa shape index (κ1) is 14.8. The van der Waals surface area contributed by atoms with Gasteiger partial charge in [0, 0.05) is 19.0 Å². The van der Waals surface area contributed by atoms with Crippen molar-refractivity contribution in [1.82, 2.24) is 9.97 Å². The molecule has 0 atom stereocenters. The van der Waals surface area contributed by atoms with E-state index in [0.717, 1.165) is 35.6 Å². The Hall–Kier alpha value is -0.640. The summed E-state index contributed by atoms with van der Waals surface area (Å²) in [5, 5.41) is 3.51. The zero-order chi connectivity index (χ0) is 13.7. The normalized spacial score (nSPS) is 18.3. The summed E-state index contributed by atoms with van der Waals surface area (Å²) in [5.74, 6) is 1.88. The maximum Gasteiger partial charge on any atom is 0.132 e. The molecule has 1 N–H and O–H groups in total. The zero-order valence-corrected chi connectivity index (χ0v) is 13.6. The second-order valence-electron chi connectivity index (χ2n) is 5.97. The molecule has 4 heteroatoms. The lowest BCUT2D eigenvalue weighted by Crippen LogP contribution is -2.29. The Balaban J connectivity index is 1.98. The van der Waals surface area contributed by atoms with Crippen LogP contribution in [0.25, 0.3) is 0 Å². The van der Waals surface area contributed by atoms with Crippen LogP contribution in [0.3, 0.4) is 0 Å². The Morgan fingerprint density at radius 1 is 1.26 bits per heavy atom. The molecule has 0 bridgehead atoms. The van der Waals surface area contributed by atoms with E-state index in [4.69, 9.17) is 0 Å². The molecule has 2 rings (SSSR count). The highest BCUT2D eigenvalue weighted by atomic mass is 79.9. The van der Waals surface area contributed by atoms with Crippen molar-refractivity contribution in [3.8, 4) is 0 Å². The monoisotopic (exact) mass is 325 g/mol. The smallest absolute Gasteiger partial charge is 0.132 e. The number of aryl methyl sites for hydroxylation is 1. The average molecular weight is 326 g/mol. The molecule has 1 saturated carbocycles. The molecule has 1 aliphatic carbocycles. The third-order valence-corrected chi connectivity index (χ3v) is 4.38. The molecule has 0 radical (unpaired) electrons. The minimum absolute atomic E-state index is 0.431. The van der Waals surface area contributed by atoms with Crippen molar-refractivity contribution in [1.29, 1.82) is 0 Å². The zero-order valence-electron chi connectivity index (χ0n) is 12.0. The molecule has 1 fully saturated rings. The molecule has 3 nitrogen and oxygen atoms in total. The fourth-order valence-electron chi connectivity index (χ4n) is 2.78. The number of rotatable bonds is 5. The fourth-order valence-corrected chi connectivity index (χ4v) is 3.20. The fraction of sp³-hybridized carbons (Fsp3) is 0.733. The molecule has 0 aliphatic heterocycles. The van der Waals surface area contributed by atoms with Crippen LogP contribution >= 0.6 is 15.9 Å². The van der Waals surface area contributed by atoms with Crippen LogP contribution in [0.5, 0.6) is 0 Å². The van der Waals surface area contributed by atoms with E-state index in [-0.39, 0.29) is 0 Å². The maximum absolute atomic E-state index is 4.59. The number of nitrogens with zero attached hydrogens (tertiary/aromatic N) is 2. The molecule has 0 amide bonds. The van der Waals surface area contributed by atoms with E-state index >= 15 is 0 Å². The van der Waals surface area contributed by atoms with Gasteiger partial charge in [-0.05, 0) is 40.6 Å². The molecule has 19 heavy (non-hydrogen) atoms. The average Bonchev–Trinajstić information content (AvgIpc) is 2.37. The molecular weight excluding hydrogens is 302 g/mol. The van der Waals surface area contributed by atoms with Crippen LogP contribution in [-0.4, -0.2) is 16.5 Å². The van der Waals surface area contributed by atoms with Crippen LogP contribution < -0.4 is 5.32 Å². The third-order valence-electron chi connectivity index (χ3n) is 3.97. The Morgan fingerprint density at radius 2 is 2.00 bits per heavy atom. The summed E-state index contributed by atoms with van der Waals surface area (Å²) in [4.78, 5) is 8.99. The SMILES string of the molecule is CCCc1nc(Br)cc(NCC2(C)CCCCC2)n1. The summed E-state index contributed by atoms with van der Waals surface area (Å²) in [6.07, 6.45) is 8.80. The van der Waals surface area contributed by atoms with Gasteiger partial charge in [-0.2, -0.15) is 0 Å². The number of halogens is 1. The predicted molar refractivity (Wildman–Crippen MR) is 83.4 cm³/mol. The van der Waals surface area contributed by atoms with E-state index in [9.17, 15) is 0 Å². The number of nitrogens with one attached hydrogen (secondary N) is 1. The molecule has 0 aromatic carbocycles. The Kier molecular flexibility index (Phi) is 5.20. The molecule has 1 aromatic heterocycles. The Morgan fingerprint density at radius 3 is 2.68 bits per heavy atom. The van der Waals surface area contributed by atoms with Gasteiger partial charge in [0.1, 0.15) is 16.2 Å². The predicted octanol–water partition coefficient (Wildman–Crippen LogP) is 4.57. The van der Waals surface area contributed by atoms with Gasteiger partial charge in [0.05, 0.1) is 0 Å². The van der Waals surface area contributed by atoms with Crippen molar-refractivity contribution in [2.24, 2.45) is 5.41 Å². The van der Waals surface area contributed by atoms with E-state index < -0.39 is 0 Å². The largest absolute Gasteiger partial charge is 0.369 e. The Bertz CT molecular complexity index is 414. The first-order valence-electron chi connectivity index (χ1n) is 7.39. The van der Waals surface area contributed by atoms with Crippen molar-refractivity contribution in [2.75, 3.05) is 11.9 Å². The molecule has 0 saturated heterocycles. The van der Waals surface area contributed by atoms with E-state index in [0.29, 0.717) is 5.41 Å². The summed E-state index contributed by atoms with van der Waals surface area (Å²) in [6, 6.07) is 1.98. The van der Waals surface area contributed by atoms with Crippen molar-refractivity contribution < 1.29 is 0 Å². The lowest BCUT2D eigenvalue weighted by Gasteiger charge is -2.33. The van der Waals surface area contributed by atoms with Gasteiger partial charge in [0.15, 0.2) is 0 Å². The topological polar surface area (TPSA) is 37.8 Å². The van der Waals surface area contributed by atoms with Gasteiger partial charge in [0.25, 0.3) is 0 Å². The van der Waals surface area contributed by atoms with Gasteiger partial charge >= 0.3 is 0 Å². The highest BCUT2D eigenvalue weighted by molar-refractivity contribution is 9.10. The van der Waals surface area contributed by atoms with Crippen molar-refractivity contribution >= 4 is 21.7 Å². The highest BCUT2D eigenvalue weighted by Gasteiger charge is 2.26. The van der Waals surface area contributed by atoms with Crippen molar-refractivity contribution in [3.05, 3.63) is 16.5 Å². The van der Waals surface area contributed by atoms with E-state index in [2.05, 4.69) is 45.1 Å². The van der Waals surface area contributed by atoms with Crippen molar-refractivity contribution in [2.45, 2.75) is 58.8 Å². The molecule has 106 valence electrons. The number of hydrogen-bond acceptors (Lipinski definition) is 3. The summed E-state index contributed by atoms with van der Waals surface area (Å²) in [5.41, 5.74) is 0.431. The minimum atomic E-state index is 0.431. The molecule has 1 heterocycles. The standard InChI is InChI=1S/C15H24BrN3/c1-3-7-13-18-12(16)10-14(19-13)17-11-15(2)8-5-4-6-9-15/h10H,3-9,11H2,1-2H3,(H,17,18,19). The highest BCUT2D eigenvalue weighted by Crippen LogP contribution is 2.35. The quantitative estimate of drug-likeness (QED) is 0.805. The molecule has 1 aliphatic rings. The maximum atomic E-state index is 4.59. The van der Waals surface area contributed by atoms with Crippen LogP contribution in [-0.2, 0) is 6.42 Å². The van der Waals surface area contributed by atoms with Gasteiger partial charge in [0.2, 0.25) is 0 Å². The summed E-state index contributed by atoms with van der Waals surface area (Å²) in [6.45, 7) is 5.56. The van der Waals surface area contributed by atoms with E-state index in [1.165, 1.54) is 32.1 Å². The number of aromatic nitrogens is 2. The van der Waals surface area contributed by atoms with Gasteiger partial charge in [-0.25, -0.2) is 9.97 Å². The van der Waals surface area contributed by atoms with E-state index in [1.54, 1.807) is 0 Å². The van der Waals surface area contributed by atoms with Crippen LogP contribution in [0, 0.1) is 5.41 Å². The number of anilines is 1. The molecular formula is C15H24BrN3. The molecule has 1 aromatic rings. The molecule has 0 unspecified atom stereocenters. The number of hydrogen-bond donors (Lipinski definition) is 1. The van der Waals surface area contributed by atoms with Gasteiger partial charge in [-0.3, -0.25) is 0 Å². The minimum Gasteiger partial charge on any atom is -0.369 e. The van der Waals surface area contributed by atoms with Gasteiger partial charge in [-0.1, -0.05) is 33.1 Å². The lowest BCUT2D eigenvalue weighted by molar-refractivity contribution is 0.233. The first-order chi connectivity index (χ1) is 9.11. The lowest BCUT2D eigenvalue weighted by atomic mass is 9.76. The van der Waals surface area contributed by atoms with Gasteiger partial charge < -0.3 is 5.32 Å². The van der Waals surface area contributed by atoms with Crippen LogP contribution in [0.15, 0.2) is 10.7 Å². The van der Waals surface area contributed by atoms with Crippen LogP contribution in [0.1, 0.15) is 58.2 Å². The van der Waals surface area contributed by atoms with Crippen LogP contribution in [0.4, 0.5) is 5.82 Å². The third kappa shape index (κ3) is 4.44. The van der Waals surface area contributed by atoms with E-state index in [1.807, 2.05) is 6.07 Å². The first-order valence-corrected chi connectivity index (χ1v) is 8.18. The summed E-state index contributed by atoms with van der Waals surface area (Å²) < 4.78 is 0.877. The molecule has 0 spiro atoms. The van der Waals surface area contributed by atoms with Crippen molar-refractivity contribution in [3.63, 3.8) is 0 Å². The second kappa shape index (κ2) is 6.69. The summed E-state index contributed by atoms with van der Waals surface area (Å²) >= 11 is 3.47. The second-order valence-corrected chi connectivity index (χ2v) is 6.78. The van der Waals surface area contributed by atoms with Gasteiger partial charge in [-0.15, -0.1) is 0 Å². The Labute approximate surface area is 124 Å². The summed E-state index contributed by atoms with van der Waals surface area (Å²) in [7, 11) is 0.